The van der Waals surface area contributed by atoms with E-state index >= 15 is 0 Å². The summed E-state index contributed by atoms with van der Waals surface area (Å²) in [5.74, 6) is 0. The van der Waals surface area contributed by atoms with Crippen LogP contribution in [0.15, 0.2) is 0 Å². The molecule has 2 nitrogen and oxygen atoms in total. The van der Waals surface area contributed by atoms with Crippen molar-refractivity contribution >= 4 is 0 Å². The molecule has 0 atom stereocenters. The van der Waals surface area contributed by atoms with Gasteiger partial charge in [0.25, 0.3) is 0 Å². The zero-order valence-corrected chi connectivity index (χ0v) is 9.64. The van der Waals surface area contributed by atoms with Gasteiger partial charge in [-0.2, -0.15) is 0 Å². The lowest BCUT2D eigenvalue weighted by atomic mass is 9.80. The quantitative estimate of drug-likeness (QED) is 0.660. The van der Waals surface area contributed by atoms with Crippen LogP contribution in [0.25, 0.3) is 0 Å². The fraction of sp³-hybridized carbons (Fsp3) is 1.00. The van der Waals surface area contributed by atoms with Crippen LogP contribution in [-0.4, -0.2) is 50.1 Å². The Morgan fingerprint density at radius 1 is 0.923 bits per heavy atom. The van der Waals surface area contributed by atoms with Crippen molar-refractivity contribution in [3.63, 3.8) is 0 Å². The van der Waals surface area contributed by atoms with Crippen molar-refractivity contribution in [2.75, 3.05) is 34.7 Å². The van der Waals surface area contributed by atoms with Crippen LogP contribution in [0.4, 0.5) is 0 Å². The number of nitrogens with zero attached hydrogens (tertiary/aromatic N) is 2. The topological polar surface area (TPSA) is 6.48 Å². The third-order valence-corrected chi connectivity index (χ3v) is 3.34. The molecule has 0 aromatic heterocycles. The maximum Gasteiger partial charge on any atom is 0.0330 e. The number of hydrogen-bond donors (Lipinski definition) is 0. The molecule has 0 aliphatic heterocycles. The monoisotopic (exact) mass is 184 g/mol. The highest BCUT2D eigenvalue weighted by Crippen LogP contribution is 2.32. The SMILES string of the molecule is CN(C)CC1(N(C)C)CCCCC1. The molecule has 1 saturated carbocycles. The molecule has 0 spiro atoms. The lowest BCUT2D eigenvalue weighted by Gasteiger charge is -2.44. The van der Waals surface area contributed by atoms with Gasteiger partial charge in [-0.3, -0.25) is 0 Å². The second kappa shape index (κ2) is 4.43. The molecule has 0 aromatic rings. The Labute approximate surface area is 82.9 Å². The van der Waals surface area contributed by atoms with Crippen molar-refractivity contribution in [2.45, 2.75) is 37.6 Å². The molecule has 0 saturated heterocycles. The molecule has 0 amide bonds. The highest BCUT2D eigenvalue weighted by atomic mass is 15.2. The molecule has 0 bridgehead atoms. The van der Waals surface area contributed by atoms with Crippen LogP contribution in [0.1, 0.15) is 32.1 Å². The van der Waals surface area contributed by atoms with E-state index in [4.69, 9.17) is 0 Å². The maximum absolute atomic E-state index is 2.44. The summed E-state index contributed by atoms with van der Waals surface area (Å²) in [6.45, 7) is 1.21. The fourth-order valence-electron chi connectivity index (χ4n) is 2.55. The van der Waals surface area contributed by atoms with E-state index in [2.05, 4.69) is 38.0 Å². The molecule has 1 rings (SSSR count). The van der Waals surface area contributed by atoms with Gasteiger partial charge in [-0.15, -0.1) is 0 Å². The van der Waals surface area contributed by atoms with Crippen LogP contribution >= 0.6 is 0 Å². The predicted octanol–water partition coefficient (Wildman–Crippen LogP) is 1.81. The first-order valence-electron chi connectivity index (χ1n) is 5.39. The van der Waals surface area contributed by atoms with Crippen molar-refractivity contribution in [1.29, 1.82) is 0 Å². The van der Waals surface area contributed by atoms with E-state index in [1.54, 1.807) is 0 Å². The highest BCUT2D eigenvalue weighted by molar-refractivity contribution is 4.92. The minimum absolute atomic E-state index is 0.460. The van der Waals surface area contributed by atoms with Crippen LogP contribution < -0.4 is 0 Å². The first-order valence-corrected chi connectivity index (χ1v) is 5.39. The van der Waals surface area contributed by atoms with Crippen molar-refractivity contribution in [3.05, 3.63) is 0 Å². The molecular formula is C11H24N2. The van der Waals surface area contributed by atoms with Gasteiger partial charge < -0.3 is 9.80 Å². The van der Waals surface area contributed by atoms with Crippen LogP contribution in [0, 0.1) is 0 Å². The summed E-state index contributed by atoms with van der Waals surface area (Å²) < 4.78 is 0. The summed E-state index contributed by atoms with van der Waals surface area (Å²) in [6.07, 6.45) is 7.00. The van der Waals surface area contributed by atoms with Gasteiger partial charge in [-0.1, -0.05) is 19.3 Å². The largest absolute Gasteiger partial charge is 0.308 e. The van der Waals surface area contributed by atoms with E-state index in [1.807, 2.05) is 0 Å². The zero-order chi connectivity index (χ0) is 9.90. The van der Waals surface area contributed by atoms with Gasteiger partial charge in [-0.25, -0.2) is 0 Å². The summed E-state index contributed by atoms with van der Waals surface area (Å²) in [6, 6.07) is 0. The zero-order valence-electron chi connectivity index (χ0n) is 9.64. The third-order valence-electron chi connectivity index (χ3n) is 3.34. The molecule has 0 aromatic carbocycles. The summed E-state index contributed by atoms with van der Waals surface area (Å²) >= 11 is 0. The Hall–Kier alpha value is -0.0800. The average Bonchev–Trinajstić information content (AvgIpc) is 2.04. The Morgan fingerprint density at radius 2 is 1.46 bits per heavy atom. The molecule has 78 valence electrons. The van der Waals surface area contributed by atoms with Crippen LogP contribution in [0.2, 0.25) is 0 Å². The first kappa shape index (κ1) is 11.0. The number of rotatable bonds is 3. The second-order valence-corrected chi connectivity index (χ2v) is 4.92. The average molecular weight is 184 g/mol. The summed E-state index contributed by atoms with van der Waals surface area (Å²) in [7, 11) is 8.82. The maximum atomic E-state index is 2.44. The first-order chi connectivity index (χ1) is 6.07. The van der Waals surface area contributed by atoms with Gasteiger partial charge in [0.1, 0.15) is 0 Å². The molecule has 0 unspecified atom stereocenters. The van der Waals surface area contributed by atoms with Crippen LogP contribution in [0.5, 0.6) is 0 Å². The minimum Gasteiger partial charge on any atom is -0.308 e. The summed E-state index contributed by atoms with van der Waals surface area (Å²) in [4.78, 5) is 4.76. The molecule has 1 aliphatic carbocycles. The van der Waals surface area contributed by atoms with Gasteiger partial charge in [-0.05, 0) is 41.0 Å². The van der Waals surface area contributed by atoms with Crippen molar-refractivity contribution in [1.82, 2.24) is 9.80 Å². The fourth-order valence-corrected chi connectivity index (χ4v) is 2.55. The highest BCUT2D eigenvalue weighted by Gasteiger charge is 2.34. The van der Waals surface area contributed by atoms with E-state index in [0.29, 0.717) is 5.54 Å². The molecule has 1 aliphatic rings. The van der Waals surface area contributed by atoms with Gasteiger partial charge in [0.15, 0.2) is 0 Å². The molecule has 13 heavy (non-hydrogen) atoms. The molecular weight excluding hydrogens is 160 g/mol. The van der Waals surface area contributed by atoms with E-state index < -0.39 is 0 Å². The minimum atomic E-state index is 0.460. The Morgan fingerprint density at radius 3 is 1.85 bits per heavy atom. The summed E-state index contributed by atoms with van der Waals surface area (Å²) in [5.41, 5.74) is 0.460. The molecule has 1 fully saturated rings. The molecule has 0 radical (unpaired) electrons. The van der Waals surface area contributed by atoms with Crippen LogP contribution in [0.3, 0.4) is 0 Å². The van der Waals surface area contributed by atoms with Crippen LogP contribution in [-0.2, 0) is 0 Å². The van der Waals surface area contributed by atoms with E-state index in [9.17, 15) is 0 Å². The predicted molar refractivity (Wildman–Crippen MR) is 58.1 cm³/mol. The Kier molecular flexibility index (Phi) is 3.74. The lowest BCUT2D eigenvalue weighted by Crippen LogP contribution is -2.52. The van der Waals surface area contributed by atoms with Crippen molar-refractivity contribution < 1.29 is 0 Å². The number of likely N-dealkylation sites (N-methyl/N-ethyl adjacent to an activating group) is 2. The molecule has 2 heteroatoms. The Balaban J connectivity index is 2.61. The van der Waals surface area contributed by atoms with Gasteiger partial charge >= 0.3 is 0 Å². The second-order valence-electron chi connectivity index (χ2n) is 4.92. The molecule has 0 heterocycles. The Bertz CT molecular complexity index is 146. The van der Waals surface area contributed by atoms with E-state index in [-0.39, 0.29) is 0 Å². The normalized spacial score (nSPS) is 22.6. The van der Waals surface area contributed by atoms with E-state index in [1.165, 1.54) is 38.6 Å². The van der Waals surface area contributed by atoms with Crippen molar-refractivity contribution in [2.24, 2.45) is 0 Å². The van der Waals surface area contributed by atoms with Crippen molar-refractivity contribution in [3.8, 4) is 0 Å². The molecule has 0 N–H and O–H groups in total. The summed E-state index contributed by atoms with van der Waals surface area (Å²) in [5, 5.41) is 0. The number of hydrogen-bond acceptors (Lipinski definition) is 2. The van der Waals surface area contributed by atoms with E-state index in [0.717, 1.165) is 0 Å². The standard InChI is InChI=1S/C11H24N2/c1-12(2)10-11(13(3)4)8-6-5-7-9-11/h5-10H2,1-4H3. The van der Waals surface area contributed by atoms with Gasteiger partial charge in [0.05, 0.1) is 0 Å². The smallest absolute Gasteiger partial charge is 0.0330 e. The van der Waals surface area contributed by atoms with Gasteiger partial charge in [0.2, 0.25) is 0 Å². The van der Waals surface area contributed by atoms with Gasteiger partial charge in [0, 0.05) is 12.1 Å². The third kappa shape index (κ3) is 2.68. The lowest BCUT2D eigenvalue weighted by molar-refractivity contribution is 0.0699.